The van der Waals surface area contributed by atoms with Gasteiger partial charge in [-0.25, -0.2) is 4.39 Å². The molecule has 0 spiro atoms. The van der Waals surface area contributed by atoms with Gasteiger partial charge in [0, 0.05) is 36.9 Å². The van der Waals surface area contributed by atoms with E-state index in [-0.39, 0.29) is 28.3 Å². The summed E-state index contributed by atoms with van der Waals surface area (Å²) in [5.74, 6) is -0.889. The van der Waals surface area contributed by atoms with Crippen molar-refractivity contribution in [1.29, 1.82) is 5.26 Å². The Kier molecular flexibility index (Phi) is 5.41. The van der Waals surface area contributed by atoms with Gasteiger partial charge in [-0.1, -0.05) is 29.8 Å². The maximum atomic E-state index is 15.0. The Bertz CT molecular complexity index is 1180. The molecular weight excluding hydrogens is 533 g/mol. The van der Waals surface area contributed by atoms with Gasteiger partial charge in [0.25, 0.3) is 0 Å². The molecule has 1 aromatic carbocycles. The van der Waals surface area contributed by atoms with Crippen LogP contribution in [0.2, 0.25) is 0 Å². The number of carbonyl (C=O) groups excluding carboxylic acids is 1. The highest BCUT2D eigenvalue weighted by Gasteiger charge is 2.45. The molecule has 0 bridgehead atoms. The summed E-state index contributed by atoms with van der Waals surface area (Å²) < 4.78 is 16.4. The second-order valence-corrected chi connectivity index (χ2v) is 11.0. The van der Waals surface area contributed by atoms with Gasteiger partial charge in [-0.2, -0.15) is 5.26 Å². The number of anilines is 1. The molecule has 0 radical (unpaired) electrons. The fourth-order valence-electron chi connectivity index (χ4n) is 4.21. The van der Waals surface area contributed by atoms with Crippen molar-refractivity contribution < 1.29 is 9.18 Å². The Balaban J connectivity index is 2.02. The molecule has 1 atom stereocenters. The molecule has 1 unspecified atom stereocenters. The number of nitrogens with two attached hydrogens (primary N) is 1. The predicted molar refractivity (Wildman–Crippen MR) is 123 cm³/mol. The number of rotatable bonds is 2. The number of thiophene rings is 1. The van der Waals surface area contributed by atoms with E-state index >= 15 is 0 Å². The average Bonchev–Trinajstić information content (AvgIpc) is 3.07. The highest BCUT2D eigenvalue weighted by Crippen LogP contribution is 2.51. The van der Waals surface area contributed by atoms with Gasteiger partial charge < -0.3 is 5.73 Å². The number of nitriles is 1. The van der Waals surface area contributed by atoms with Crippen LogP contribution in [-0.2, 0) is 4.79 Å². The van der Waals surface area contributed by atoms with E-state index in [1.807, 2.05) is 25.3 Å². The van der Waals surface area contributed by atoms with Gasteiger partial charge >= 0.3 is 0 Å². The summed E-state index contributed by atoms with van der Waals surface area (Å²) in [4.78, 5) is 15.8. The molecule has 4 rings (SSSR count). The minimum absolute atomic E-state index is 0.0291. The van der Waals surface area contributed by atoms with Crippen LogP contribution in [0.15, 0.2) is 61.3 Å². The van der Waals surface area contributed by atoms with Gasteiger partial charge in [0.15, 0.2) is 5.78 Å². The first kappa shape index (κ1) is 21.3. The Morgan fingerprint density at radius 1 is 1.27 bits per heavy atom. The van der Waals surface area contributed by atoms with Gasteiger partial charge in [-0.15, -0.1) is 11.3 Å². The van der Waals surface area contributed by atoms with E-state index in [4.69, 9.17) is 5.73 Å². The second kappa shape index (κ2) is 7.63. The van der Waals surface area contributed by atoms with Crippen LogP contribution in [0, 0.1) is 22.6 Å². The molecule has 2 aromatic rings. The van der Waals surface area contributed by atoms with E-state index in [2.05, 4.69) is 37.9 Å². The largest absolute Gasteiger partial charge is 0.384 e. The summed E-state index contributed by atoms with van der Waals surface area (Å²) in [6.07, 6.45) is 0.913. The summed E-state index contributed by atoms with van der Waals surface area (Å²) in [5, 5.41) is 11.9. The van der Waals surface area contributed by atoms with Crippen LogP contribution in [0.1, 0.15) is 37.5 Å². The lowest BCUT2D eigenvalue weighted by Crippen LogP contribution is -2.42. The van der Waals surface area contributed by atoms with Crippen LogP contribution in [-0.4, -0.2) is 5.78 Å². The Labute approximate surface area is 195 Å². The average molecular weight is 551 g/mol. The van der Waals surface area contributed by atoms with Crippen LogP contribution in [0.3, 0.4) is 0 Å². The quantitative estimate of drug-likeness (QED) is 0.472. The lowest BCUT2D eigenvalue weighted by molar-refractivity contribution is -0.118. The third-order valence-corrected chi connectivity index (χ3v) is 7.66. The van der Waals surface area contributed by atoms with E-state index in [9.17, 15) is 14.4 Å². The molecule has 1 aromatic heterocycles. The zero-order valence-electron chi connectivity index (χ0n) is 16.3. The van der Waals surface area contributed by atoms with Gasteiger partial charge in [-0.3, -0.25) is 9.69 Å². The van der Waals surface area contributed by atoms with E-state index < -0.39 is 11.7 Å². The first-order valence-corrected chi connectivity index (χ1v) is 11.7. The second-order valence-electron chi connectivity index (χ2n) is 8.24. The molecule has 0 amide bonds. The third kappa shape index (κ3) is 3.53. The van der Waals surface area contributed by atoms with Crippen molar-refractivity contribution >= 4 is 54.7 Å². The van der Waals surface area contributed by atoms with E-state index in [0.29, 0.717) is 28.6 Å². The van der Waals surface area contributed by atoms with E-state index in [1.54, 1.807) is 17.0 Å². The number of halogens is 3. The van der Waals surface area contributed by atoms with Crippen LogP contribution >= 0.6 is 43.2 Å². The molecule has 2 heterocycles. The smallest absolute Gasteiger partial charge is 0.162 e. The number of hydrogen-bond donors (Lipinski definition) is 1. The number of Topliss-reactive ketones (excluding diaryl/α,β-unsaturated/α-hetero) is 1. The van der Waals surface area contributed by atoms with Crippen molar-refractivity contribution in [3.8, 4) is 6.07 Å². The van der Waals surface area contributed by atoms with Crippen LogP contribution in [0.25, 0.3) is 0 Å². The van der Waals surface area contributed by atoms with Crippen molar-refractivity contribution in [2.45, 2.75) is 32.6 Å². The number of carbonyl (C=O) groups is 1. The number of ketones is 1. The first-order valence-electron chi connectivity index (χ1n) is 9.28. The molecule has 1 aliphatic heterocycles. The number of nitrogens with zero attached hydrogens (tertiary/aromatic N) is 2. The minimum atomic E-state index is -0.542. The summed E-state index contributed by atoms with van der Waals surface area (Å²) in [5.41, 5.74) is 7.90. The van der Waals surface area contributed by atoms with Gasteiger partial charge in [0.2, 0.25) is 0 Å². The van der Waals surface area contributed by atoms with Crippen LogP contribution in [0.5, 0.6) is 0 Å². The molecule has 4 nitrogen and oxygen atoms in total. The molecule has 0 fully saturated rings. The fraction of sp³-hybridized carbons (Fsp3) is 0.273. The lowest BCUT2D eigenvalue weighted by Gasteiger charge is -2.43. The lowest BCUT2D eigenvalue weighted by atomic mass is 9.69. The molecule has 0 saturated carbocycles. The Morgan fingerprint density at radius 3 is 2.60 bits per heavy atom. The van der Waals surface area contributed by atoms with Crippen molar-refractivity contribution in [3.63, 3.8) is 0 Å². The van der Waals surface area contributed by atoms with Crippen molar-refractivity contribution in [2.24, 2.45) is 11.1 Å². The summed E-state index contributed by atoms with van der Waals surface area (Å²) in [6, 6.07) is 8.80. The standard InChI is InChI=1S/C22H18Br2FN3OS/c1-22(2)7-16-20(17(29)8-22)19(18-6-12(24)10-30-18)13(9-26)21(27)28(16)15-4-3-11(23)5-14(15)25/h3-6,10,19H,7-8,27H2,1-2H3. The highest BCUT2D eigenvalue weighted by atomic mass is 79.9. The van der Waals surface area contributed by atoms with Crippen LogP contribution < -0.4 is 10.6 Å². The topological polar surface area (TPSA) is 70.1 Å². The third-order valence-electron chi connectivity index (χ3n) is 5.40. The first-order chi connectivity index (χ1) is 14.1. The van der Waals surface area contributed by atoms with Crippen LogP contribution in [0.4, 0.5) is 10.1 Å². The zero-order valence-corrected chi connectivity index (χ0v) is 20.3. The van der Waals surface area contributed by atoms with Crippen molar-refractivity contribution in [2.75, 3.05) is 4.90 Å². The summed E-state index contributed by atoms with van der Waals surface area (Å²) >= 11 is 8.20. The molecule has 2 aliphatic rings. The van der Waals surface area contributed by atoms with Crippen molar-refractivity contribution in [1.82, 2.24) is 0 Å². The molecule has 2 N–H and O–H groups in total. The Hall–Kier alpha value is -1.95. The van der Waals surface area contributed by atoms with Gasteiger partial charge in [0.05, 0.1) is 23.2 Å². The SMILES string of the molecule is CC1(C)CC(=O)C2=C(C1)N(c1ccc(Br)cc1F)C(N)=C(C#N)C2c1cc(Br)cs1. The summed E-state index contributed by atoms with van der Waals surface area (Å²) in [6.45, 7) is 4.03. The zero-order chi connectivity index (χ0) is 21.8. The van der Waals surface area contributed by atoms with Crippen molar-refractivity contribution in [3.05, 3.63) is 71.9 Å². The monoisotopic (exact) mass is 549 g/mol. The molecule has 154 valence electrons. The van der Waals surface area contributed by atoms with Gasteiger partial charge in [0.1, 0.15) is 11.6 Å². The minimum Gasteiger partial charge on any atom is -0.384 e. The predicted octanol–water partition coefficient (Wildman–Crippen LogP) is 6.35. The van der Waals surface area contributed by atoms with E-state index in [1.165, 1.54) is 17.4 Å². The van der Waals surface area contributed by atoms with Gasteiger partial charge in [-0.05, 0) is 52.0 Å². The normalized spacial score (nSPS) is 21.0. The number of benzene rings is 1. The maximum absolute atomic E-state index is 15.0. The number of hydrogen-bond acceptors (Lipinski definition) is 5. The fourth-order valence-corrected chi connectivity index (χ4v) is 6.11. The van der Waals surface area contributed by atoms with E-state index in [0.717, 1.165) is 9.35 Å². The Morgan fingerprint density at radius 2 is 2.00 bits per heavy atom. The summed E-state index contributed by atoms with van der Waals surface area (Å²) in [7, 11) is 0. The molecule has 8 heteroatoms. The molecule has 1 aliphatic carbocycles. The molecule has 0 saturated heterocycles. The molecular formula is C22H18Br2FN3OS. The maximum Gasteiger partial charge on any atom is 0.162 e. The number of allylic oxidation sites excluding steroid dienone is 3. The molecule has 30 heavy (non-hydrogen) atoms. The highest BCUT2D eigenvalue weighted by molar-refractivity contribution is 9.10.